The fraction of sp³-hybridized carbons (Fsp3) is 0.0625. The third-order valence-corrected chi connectivity index (χ3v) is 3.89. The van der Waals surface area contributed by atoms with Gasteiger partial charge in [-0.15, -0.1) is 0 Å². The van der Waals surface area contributed by atoms with Crippen molar-refractivity contribution in [3.63, 3.8) is 0 Å². The molecule has 6 nitrogen and oxygen atoms in total. The van der Waals surface area contributed by atoms with Gasteiger partial charge in [-0.2, -0.15) is 0 Å². The maximum absolute atomic E-state index is 13.2. The minimum Gasteiger partial charge on any atom is -0.351 e. The van der Waals surface area contributed by atoms with Crippen LogP contribution in [0.3, 0.4) is 0 Å². The van der Waals surface area contributed by atoms with Crippen molar-refractivity contribution < 1.29 is 17.6 Å². The zero-order chi connectivity index (χ0) is 17.3. The lowest BCUT2D eigenvalue weighted by Gasteiger charge is -2.11. The van der Waals surface area contributed by atoms with E-state index in [-0.39, 0.29) is 11.4 Å². The summed E-state index contributed by atoms with van der Waals surface area (Å²) >= 11 is 0. The third kappa shape index (κ3) is 3.54. The number of fused-ring (bicyclic) bond motifs is 1. The first-order valence-corrected chi connectivity index (χ1v) is 8.87. The number of halogens is 1. The Hall–Kier alpha value is -2.87. The second-order valence-corrected chi connectivity index (χ2v) is 7.04. The molecule has 0 saturated carbocycles. The van der Waals surface area contributed by atoms with E-state index < -0.39 is 21.7 Å². The molecule has 0 radical (unpaired) electrons. The van der Waals surface area contributed by atoms with Gasteiger partial charge in [0.15, 0.2) is 0 Å². The molecule has 8 heteroatoms. The van der Waals surface area contributed by atoms with E-state index in [2.05, 4.69) is 15.0 Å². The Labute approximate surface area is 137 Å². The topological polar surface area (TPSA) is 91.1 Å². The highest BCUT2D eigenvalue weighted by molar-refractivity contribution is 7.92. The molecule has 3 rings (SSSR count). The van der Waals surface area contributed by atoms with Gasteiger partial charge in [0, 0.05) is 10.9 Å². The summed E-state index contributed by atoms with van der Waals surface area (Å²) < 4.78 is 38.3. The summed E-state index contributed by atoms with van der Waals surface area (Å²) in [7, 11) is -3.48. The highest BCUT2D eigenvalue weighted by Gasteiger charge is 2.13. The normalized spacial score (nSPS) is 11.4. The number of aromatic amines is 1. The summed E-state index contributed by atoms with van der Waals surface area (Å²) in [5, 5.41) is 3.21. The molecule has 0 aliphatic heterocycles. The van der Waals surface area contributed by atoms with Crippen LogP contribution in [0.5, 0.6) is 0 Å². The molecule has 0 bridgehead atoms. The molecular weight excluding hydrogens is 333 g/mol. The summed E-state index contributed by atoms with van der Waals surface area (Å²) in [4.78, 5) is 15.3. The molecule has 124 valence electrons. The van der Waals surface area contributed by atoms with Crippen LogP contribution in [-0.2, 0) is 10.0 Å². The van der Waals surface area contributed by atoms with E-state index in [0.717, 1.165) is 6.26 Å². The number of anilines is 2. The molecule has 2 aromatic carbocycles. The molecule has 1 heterocycles. The van der Waals surface area contributed by atoms with Crippen molar-refractivity contribution in [2.75, 3.05) is 16.3 Å². The quantitative estimate of drug-likeness (QED) is 0.678. The van der Waals surface area contributed by atoms with Crippen molar-refractivity contribution in [2.45, 2.75) is 0 Å². The first kappa shape index (κ1) is 16.0. The smallest absolute Gasteiger partial charge is 0.272 e. The number of aromatic nitrogens is 1. The number of hydrogen-bond acceptors (Lipinski definition) is 3. The van der Waals surface area contributed by atoms with Crippen molar-refractivity contribution in [3.8, 4) is 0 Å². The van der Waals surface area contributed by atoms with Gasteiger partial charge >= 0.3 is 0 Å². The maximum atomic E-state index is 13.2. The molecule has 3 N–H and O–H groups in total. The minimum atomic E-state index is -3.48. The number of carbonyl (C=O) groups excluding carboxylic acids is 1. The predicted octanol–water partition coefficient (Wildman–Crippen LogP) is 2.93. The van der Waals surface area contributed by atoms with Gasteiger partial charge in [-0.25, -0.2) is 12.8 Å². The Kier molecular flexibility index (Phi) is 3.98. The largest absolute Gasteiger partial charge is 0.351 e. The van der Waals surface area contributed by atoms with Crippen molar-refractivity contribution in [1.29, 1.82) is 0 Å². The average molecular weight is 347 g/mol. The van der Waals surface area contributed by atoms with E-state index in [1.165, 1.54) is 24.3 Å². The number of rotatable bonds is 4. The molecule has 0 atom stereocenters. The van der Waals surface area contributed by atoms with Crippen LogP contribution in [0.25, 0.3) is 10.9 Å². The van der Waals surface area contributed by atoms with Gasteiger partial charge in [0.1, 0.15) is 11.5 Å². The molecule has 24 heavy (non-hydrogen) atoms. The van der Waals surface area contributed by atoms with Gasteiger partial charge < -0.3 is 10.3 Å². The molecule has 0 spiro atoms. The zero-order valence-electron chi connectivity index (χ0n) is 12.6. The van der Waals surface area contributed by atoms with Crippen molar-refractivity contribution in [2.24, 2.45) is 0 Å². The number of sulfonamides is 1. The van der Waals surface area contributed by atoms with E-state index in [1.54, 1.807) is 24.3 Å². The van der Waals surface area contributed by atoms with Gasteiger partial charge in [0.25, 0.3) is 5.91 Å². The van der Waals surface area contributed by atoms with Gasteiger partial charge in [-0.05, 0) is 36.4 Å². The molecular formula is C16H14FN3O3S. The lowest BCUT2D eigenvalue weighted by molar-refractivity contribution is 0.102. The van der Waals surface area contributed by atoms with Crippen LogP contribution in [0.15, 0.2) is 48.5 Å². The first-order valence-electron chi connectivity index (χ1n) is 6.98. The third-order valence-electron chi connectivity index (χ3n) is 3.30. The lowest BCUT2D eigenvalue weighted by atomic mass is 10.2. The summed E-state index contributed by atoms with van der Waals surface area (Å²) in [5.41, 5.74) is 1.45. The van der Waals surface area contributed by atoms with E-state index in [9.17, 15) is 17.6 Å². The molecule has 0 aliphatic carbocycles. The van der Waals surface area contributed by atoms with Crippen molar-refractivity contribution >= 4 is 38.2 Å². The predicted molar refractivity (Wildman–Crippen MR) is 91.1 cm³/mol. The van der Waals surface area contributed by atoms with Gasteiger partial charge in [-0.1, -0.05) is 12.1 Å². The molecule has 1 amide bonds. The molecule has 0 fully saturated rings. The van der Waals surface area contributed by atoms with E-state index >= 15 is 0 Å². The Balaban J connectivity index is 1.89. The fourth-order valence-corrected chi connectivity index (χ4v) is 2.87. The van der Waals surface area contributed by atoms with Crippen LogP contribution in [0, 0.1) is 5.82 Å². The van der Waals surface area contributed by atoms with Gasteiger partial charge in [0.2, 0.25) is 10.0 Å². The summed E-state index contributed by atoms with van der Waals surface area (Å²) in [6, 6.07) is 12.1. The summed E-state index contributed by atoms with van der Waals surface area (Å²) in [6.45, 7) is 0. The lowest BCUT2D eigenvalue weighted by Crippen LogP contribution is -2.16. The van der Waals surface area contributed by atoms with E-state index in [1.807, 2.05) is 0 Å². The fourth-order valence-electron chi connectivity index (χ4n) is 2.30. The van der Waals surface area contributed by atoms with Crippen LogP contribution < -0.4 is 10.0 Å². The number of hydrogen-bond donors (Lipinski definition) is 3. The van der Waals surface area contributed by atoms with Gasteiger partial charge in [0.05, 0.1) is 17.6 Å². The van der Waals surface area contributed by atoms with Gasteiger partial charge in [-0.3, -0.25) is 9.52 Å². The number of benzene rings is 2. The molecule has 3 aromatic rings. The van der Waals surface area contributed by atoms with Crippen LogP contribution >= 0.6 is 0 Å². The number of para-hydroxylation sites is 2. The Bertz CT molecular complexity index is 1030. The van der Waals surface area contributed by atoms with E-state index in [4.69, 9.17) is 0 Å². The highest BCUT2D eigenvalue weighted by Crippen LogP contribution is 2.23. The number of carbonyl (C=O) groups is 1. The SMILES string of the molecule is CS(=O)(=O)Nc1ccccc1NC(=O)c1cc2cc(F)ccc2[nH]1. The molecule has 0 unspecified atom stereocenters. The Morgan fingerprint density at radius 2 is 1.79 bits per heavy atom. The molecule has 0 saturated heterocycles. The maximum Gasteiger partial charge on any atom is 0.272 e. The van der Waals surface area contributed by atoms with Crippen molar-refractivity contribution in [1.82, 2.24) is 4.98 Å². The first-order chi connectivity index (χ1) is 11.3. The Morgan fingerprint density at radius 1 is 1.08 bits per heavy atom. The van der Waals surface area contributed by atoms with Crippen LogP contribution in [0.1, 0.15) is 10.5 Å². The van der Waals surface area contributed by atoms with Crippen LogP contribution in [0.4, 0.5) is 15.8 Å². The standard InChI is InChI=1S/C16H14FN3O3S/c1-24(22,23)20-14-5-3-2-4-13(14)19-16(21)15-9-10-8-11(17)6-7-12(10)18-15/h2-9,18,20H,1H3,(H,19,21). The number of nitrogens with one attached hydrogen (secondary N) is 3. The average Bonchev–Trinajstić information content (AvgIpc) is 2.91. The summed E-state index contributed by atoms with van der Waals surface area (Å²) in [6.07, 6.45) is 1.03. The van der Waals surface area contributed by atoms with E-state index in [0.29, 0.717) is 16.6 Å². The monoisotopic (exact) mass is 347 g/mol. The summed E-state index contributed by atoms with van der Waals surface area (Å²) in [5.74, 6) is -0.856. The highest BCUT2D eigenvalue weighted by atomic mass is 32.2. The second kappa shape index (κ2) is 5.97. The number of H-pyrrole nitrogens is 1. The minimum absolute atomic E-state index is 0.241. The molecule has 1 aromatic heterocycles. The van der Waals surface area contributed by atoms with Crippen LogP contribution in [0.2, 0.25) is 0 Å². The number of amides is 1. The van der Waals surface area contributed by atoms with Crippen LogP contribution in [-0.4, -0.2) is 25.6 Å². The second-order valence-electron chi connectivity index (χ2n) is 5.29. The van der Waals surface area contributed by atoms with Crippen molar-refractivity contribution in [3.05, 3.63) is 60.0 Å². The zero-order valence-corrected chi connectivity index (χ0v) is 13.4. The molecule has 0 aliphatic rings. The Morgan fingerprint density at radius 3 is 2.50 bits per heavy atom.